The normalized spacial score (nSPS) is 17.8. The molecule has 136 valence electrons. The van der Waals surface area contributed by atoms with Crippen molar-refractivity contribution in [2.75, 3.05) is 13.1 Å². The fraction of sp³-hybridized carbons (Fsp3) is 0.562. The number of carbonyl (C=O) groups excluding carboxylic acids is 1. The number of nitrogens with one attached hydrogen (secondary N) is 1. The summed E-state index contributed by atoms with van der Waals surface area (Å²) in [4.78, 5) is 12.1. The van der Waals surface area contributed by atoms with Gasteiger partial charge in [0.2, 0.25) is 15.9 Å². The second-order valence-electron chi connectivity index (χ2n) is 6.24. The van der Waals surface area contributed by atoms with E-state index in [1.807, 2.05) is 6.92 Å². The van der Waals surface area contributed by atoms with Gasteiger partial charge in [0.1, 0.15) is 0 Å². The Morgan fingerprint density at radius 1 is 1.29 bits per heavy atom. The molecule has 2 rings (SSSR count). The maximum Gasteiger partial charge on any atom is 0.243 e. The van der Waals surface area contributed by atoms with Crippen LogP contribution in [0.15, 0.2) is 29.2 Å². The van der Waals surface area contributed by atoms with E-state index >= 15 is 0 Å². The number of nitrogens with zero attached hydrogens (tertiary/aromatic N) is 1. The number of nitrogens with two attached hydrogens (primary N) is 1. The second kappa shape index (κ2) is 8.80. The number of piperidine rings is 1. The van der Waals surface area contributed by atoms with Crippen LogP contribution in [0.3, 0.4) is 0 Å². The molecular formula is C16H26ClN3O3S. The lowest BCUT2D eigenvalue weighted by molar-refractivity contribution is -0.122. The Bertz CT molecular complexity index is 639. The van der Waals surface area contributed by atoms with Gasteiger partial charge in [-0.3, -0.25) is 4.79 Å². The van der Waals surface area contributed by atoms with Crippen molar-refractivity contribution in [1.29, 1.82) is 0 Å². The summed E-state index contributed by atoms with van der Waals surface area (Å²) in [7, 11) is -3.45. The molecule has 0 spiro atoms. The van der Waals surface area contributed by atoms with E-state index in [0.717, 1.165) is 5.56 Å². The van der Waals surface area contributed by atoms with Gasteiger partial charge in [-0.1, -0.05) is 17.7 Å². The SMILES string of the molecule is Cc1ccc(S(=O)(=O)N2CCC(NC(=O)CC(C)N)CC2)cc1.Cl. The van der Waals surface area contributed by atoms with Crippen LogP contribution in [0.2, 0.25) is 0 Å². The minimum Gasteiger partial charge on any atom is -0.353 e. The fourth-order valence-electron chi connectivity index (χ4n) is 2.68. The second-order valence-corrected chi connectivity index (χ2v) is 8.18. The number of benzene rings is 1. The number of carbonyl (C=O) groups is 1. The van der Waals surface area contributed by atoms with E-state index in [9.17, 15) is 13.2 Å². The van der Waals surface area contributed by atoms with Gasteiger partial charge in [-0.2, -0.15) is 4.31 Å². The van der Waals surface area contributed by atoms with E-state index < -0.39 is 10.0 Å². The van der Waals surface area contributed by atoms with Crippen LogP contribution in [-0.4, -0.2) is 43.8 Å². The summed E-state index contributed by atoms with van der Waals surface area (Å²) >= 11 is 0. The molecule has 0 saturated carbocycles. The number of hydrogen-bond donors (Lipinski definition) is 2. The van der Waals surface area contributed by atoms with Gasteiger partial charge in [0.25, 0.3) is 0 Å². The molecule has 1 aromatic carbocycles. The van der Waals surface area contributed by atoms with Gasteiger partial charge in [-0.15, -0.1) is 12.4 Å². The highest BCUT2D eigenvalue weighted by Crippen LogP contribution is 2.21. The number of halogens is 1. The molecule has 1 atom stereocenters. The monoisotopic (exact) mass is 375 g/mol. The Hall–Kier alpha value is -1.15. The van der Waals surface area contributed by atoms with Crippen molar-refractivity contribution in [3.05, 3.63) is 29.8 Å². The third kappa shape index (κ3) is 5.44. The minimum absolute atomic E-state index is 0. The molecule has 6 nitrogen and oxygen atoms in total. The Morgan fingerprint density at radius 2 is 1.83 bits per heavy atom. The van der Waals surface area contributed by atoms with Crippen molar-refractivity contribution in [2.45, 2.75) is 50.1 Å². The van der Waals surface area contributed by atoms with Crippen LogP contribution in [0, 0.1) is 6.92 Å². The lowest BCUT2D eigenvalue weighted by atomic mass is 10.1. The van der Waals surface area contributed by atoms with Crippen molar-refractivity contribution >= 4 is 28.3 Å². The zero-order valence-electron chi connectivity index (χ0n) is 14.1. The first-order chi connectivity index (χ1) is 10.8. The average Bonchev–Trinajstić information content (AvgIpc) is 2.47. The lowest BCUT2D eigenvalue weighted by Gasteiger charge is -2.31. The van der Waals surface area contributed by atoms with Crippen molar-refractivity contribution in [2.24, 2.45) is 5.73 Å². The highest BCUT2D eigenvalue weighted by atomic mass is 35.5. The Labute approximate surface area is 150 Å². The molecule has 0 bridgehead atoms. The summed E-state index contributed by atoms with van der Waals surface area (Å²) in [6, 6.07) is 6.73. The molecule has 1 aliphatic heterocycles. The zero-order chi connectivity index (χ0) is 17.0. The first-order valence-electron chi connectivity index (χ1n) is 7.91. The lowest BCUT2D eigenvalue weighted by Crippen LogP contribution is -2.47. The largest absolute Gasteiger partial charge is 0.353 e. The van der Waals surface area contributed by atoms with Crippen LogP contribution in [0.4, 0.5) is 0 Å². The molecule has 0 aliphatic carbocycles. The first-order valence-corrected chi connectivity index (χ1v) is 9.35. The van der Waals surface area contributed by atoms with E-state index in [2.05, 4.69) is 5.32 Å². The summed E-state index contributed by atoms with van der Waals surface area (Å²) in [5.74, 6) is -0.0696. The van der Waals surface area contributed by atoms with E-state index in [0.29, 0.717) is 37.2 Å². The van der Waals surface area contributed by atoms with Gasteiger partial charge < -0.3 is 11.1 Å². The Balaban J connectivity index is 0.00000288. The highest BCUT2D eigenvalue weighted by molar-refractivity contribution is 7.89. The van der Waals surface area contributed by atoms with E-state index in [4.69, 9.17) is 5.73 Å². The molecule has 0 aromatic heterocycles. The molecule has 1 amide bonds. The average molecular weight is 376 g/mol. The van der Waals surface area contributed by atoms with E-state index in [1.54, 1.807) is 31.2 Å². The van der Waals surface area contributed by atoms with E-state index in [1.165, 1.54) is 4.31 Å². The van der Waals surface area contributed by atoms with Crippen LogP contribution >= 0.6 is 12.4 Å². The molecule has 24 heavy (non-hydrogen) atoms. The Kier molecular flexibility index (Phi) is 7.66. The van der Waals surface area contributed by atoms with Crippen molar-refractivity contribution in [1.82, 2.24) is 9.62 Å². The smallest absolute Gasteiger partial charge is 0.243 e. The standard InChI is InChI=1S/C16H25N3O3S.ClH/c1-12-3-5-15(6-4-12)23(21,22)19-9-7-14(8-10-19)18-16(20)11-13(2)17;/h3-6,13-14H,7-11,17H2,1-2H3,(H,18,20);1H. The third-order valence-electron chi connectivity index (χ3n) is 3.99. The highest BCUT2D eigenvalue weighted by Gasteiger charge is 2.29. The molecule has 3 N–H and O–H groups in total. The fourth-order valence-corrected chi connectivity index (χ4v) is 4.15. The Morgan fingerprint density at radius 3 is 2.33 bits per heavy atom. The molecule has 1 heterocycles. The van der Waals surface area contributed by atoms with Crippen molar-refractivity contribution < 1.29 is 13.2 Å². The topological polar surface area (TPSA) is 92.5 Å². The number of hydrogen-bond acceptors (Lipinski definition) is 4. The molecule has 8 heteroatoms. The summed E-state index contributed by atoms with van der Waals surface area (Å²) in [5, 5.41) is 2.93. The molecule has 1 aliphatic rings. The molecule has 1 saturated heterocycles. The van der Waals surface area contributed by atoms with Crippen LogP contribution in [0.1, 0.15) is 31.7 Å². The predicted octanol–water partition coefficient (Wildman–Crippen LogP) is 1.42. The van der Waals surface area contributed by atoms with Gasteiger partial charge in [0.05, 0.1) is 4.90 Å². The molecule has 1 aromatic rings. The van der Waals surface area contributed by atoms with Gasteiger partial charge in [-0.05, 0) is 38.8 Å². The predicted molar refractivity (Wildman–Crippen MR) is 96.6 cm³/mol. The summed E-state index contributed by atoms with van der Waals surface area (Å²) in [5.41, 5.74) is 6.63. The number of sulfonamides is 1. The zero-order valence-corrected chi connectivity index (χ0v) is 15.7. The van der Waals surface area contributed by atoms with Gasteiger partial charge in [0, 0.05) is 31.6 Å². The van der Waals surface area contributed by atoms with Crippen LogP contribution < -0.4 is 11.1 Å². The maximum atomic E-state index is 12.6. The van der Waals surface area contributed by atoms with Gasteiger partial charge in [-0.25, -0.2) is 8.42 Å². The molecular weight excluding hydrogens is 350 g/mol. The first kappa shape index (κ1) is 20.9. The number of amides is 1. The third-order valence-corrected chi connectivity index (χ3v) is 5.90. The molecule has 1 fully saturated rings. The van der Waals surface area contributed by atoms with Crippen LogP contribution in [-0.2, 0) is 14.8 Å². The van der Waals surface area contributed by atoms with Crippen molar-refractivity contribution in [3.63, 3.8) is 0 Å². The van der Waals surface area contributed by atoms with Crippen LogP contribution in [0.25, 0.3) is 0 Å². The van der Waals surface area contributed by atoms with Gasteiger partial charge in [0.15, 0.2) is 0 Å². The maximum absolute atomic E-state index is 12.6. The number of rotatable bonds is 5. The van der Waals surface area contributed by atoms with Gasteiger partial charge >= 0.3 is 0 Å². The number of aryl methyl sites for hydroxylation is 1. The molecule has 0 radical (unpaired) electrons. The quantitative estimate of drug-likeness (QED) is 0.814. The summed E-state index contributed by atoms with van der Waals surface area (Å²) < 4.78 is 26.7. The summed E-state index contributed by atoms with van der Waals surface area (Å²) in [6.07, 6.45) is 1.54. The van der Waals surface area contributed by atoms with Crippen molar-refractivity contribution in [3.8, 4) is 0 Å². The minimum atomic E-state index is -3.45. The summed E-state index contributed by atoms with van der Waals surface area (Å²) in [6.45, 7) is 4.54. The van der Waals surface area contributed by atoms with E-state index in [-0.39, 0.29) is 30.4 Å². The molecule has 1 unspecified atom stereocenters. The van der Waals surface area contributed by atoms with Crippen LogP contribution in [0.5, 0.6) is 0 Å².